The lowest BCUT2D eigenvalue weighted by molar-refractivity contribution is 0.398. The van der Waals surface area contributed by atoms with Crippen LogP contribution in [0, 0.1) is 6.92 Å². The van der Waals surface area contributed by atoms with E-state index in [1.54, 1.807) is 43.7 Å². The Bertz CT molecular complexity index is 730. The Hall–Kier alpha value is -1.92. The van der Waals surface area contributed by atoms with E-state index in [0.717, 1.165) is 11.1 Å². The summed E-state index contributed by atoms with van der Waals surface area (Å²) in [5.41, 5.74) is 8.03. The molecule has 21 heavy (non-hydrogen) atoms. The van der Waals surface area contributed by atoms with Crippen LogP contribution in [-0.2, 0) is 10.0 Å². The summed E-state index contributed by atoms with van der Waals surface area (Å²) in [7, 11) is -2.03. The van der Waals surface area contributed by atoms with Crippen LogP contribution in [0.25, 0.3) is 0 Å². The maximum absolute atomic E-state index is 12.7. The number of benzene rings is 1. The molecular weight excluding hydrogens is 286 g/mol. The molecule has 0 radical (unpaired) electrons. The zero-order chi connectivity index (χ0) is 15.6. The summed E-state index contributed by atoms with van der Waals surface area (Å²) >= 11 is 0. The molecule has 0 aliphatic heterocycles. The van der Waals surface area contributed by atoms with Gasteiger partial charge in [-0.3, -0.25) is 4.98 Å². The van der Waals surface area contributed by atoms with E-state index in [1.165, 1.54) is 10.4 Å². The molecule has 0 saturated carbocycles. The van der Waals surface area contributed by atoms with Crippen molar-refractivity contribution in [2.24, 2.45) is 0 Å². The third-order valence-electron chi connectivity index (χ3n) is 3.66. The van der Waals surface area contributed by atoms with Gasteiger partial charge in [0.05, 0.1) is 4.90 Å². The molecule has 2 aromatic rings. The number of hydrogen-bond acceptors (Lipinski definition) is 4. The molecule has 0 amide bonds. The molecule has 2 N–H and O–H groups in total. The molecule has 5 nitrogen and oxygen atoms in total. The second-order valence-electron chi connectivity index (χ2n) is 5.00. The number of sulfonamides is 1. The van der Waals surface area contributed by atoms with Crippen LogP contribution < -0.4 is 5.73 Å². The van der Waals surface area contributed by atoms with Gasteiger partial charge in [-0.2, -0.15) is 4.31 Å². The molecule has 0 saturated heterocycles. The van der Waals surface area contributed by atoms with Gasteiger partial charge in [0.2, 0.25) is 10.0 Å². The molecule has 1 aromatic heterocycles. The molecule has 0 aliphatic carbocycles. The molecule has 0 fully saturated rings. The molecule has 1 heterocycles. The maximum atomic E-state index is 12.7. The summed E-state index contributed by atoms with van der Waals surface area (Å²) in [4.78, 5) is 4.15. The van der Waals surface area contributed by atoms with Crippen molar-refractivity contribution >= 4 is 15.7 Å². The standard InChI is InChI=1S/C15H19N3O2S/c1-11-4-5-14(10-15(11)16)21(19,20)18(3)12(2)13-6-8-17-9-7-13/h4-10,12H,16H2,1-3H3. The van der Waals surface area contributed by atoms with Crippen molar-refractivity contribution in [1.29, 1.82) is 0 Å². The summed E-state index contributed by atoms with van der Waals surface area (Å²) in [6.45, 7) is 3.68. The lowest BCUT2D eigenvalue weighted by atomic mass is 10.1. The summed E-state index contributed by atoms with van der Waals surface area (Å²) in [5.74, 6) is 0. The van der Waals surface area contributed by atoms with Crippen molar-refractivity contribution in [3.63, 3.8) is 0 Å². The summed E-state index contributed by atoms with van der Waals surface area (Å²) in [6, 6.07) is 8.12. The second-order valence-corrected chi connectivity index (χ2v) is 6.99. The van der Waals surface area contributed by atoms with Gasteiger partial charge in [0.15, 0.2) is 0 Å². The van der Waals surface area contributed by atoms with E-state index in [0.29, 0.717) is 5.69 Å². The largest absolute Gasteiger partial charge is 0.398 e. The zero-order valence-electron chi connectivity index (χ0n) is 12.3. The number of rotatable bonds is 4. The van der Waals surface area contributed by atoms with Gasteiger partial charge in [-0.15, -0.1) is 0 Å². The van der Waals surface area contributed by atoms with Gasteiger partial charge >= 0.3 is 0 Å². The Morgan fingerprint density at radius 1 is 1.19 bits per heavy atom. The minimum absolute atomic E-state index is 0.203. The molecule has 6 heteroatoms. The van der Waals surface area contributed by atoms with Crippen LogP contribution in [0.4, 0.5) is 5.69 Å². The van der Waals surface area contributed by atoms with Gasteiger partial charge in [0.25, 0.3) is 0 Å². The number of hydrogen-bond donors (Lipinski definition) is 1. The van der Waals surface area contributed by atoms with E-state index in [4.69, 9.17) is 5.73 Å². The number of anilines is 1. The van der Waals surface area contributed by atoms with E-state index < -0.39 is 10.0 Å². The maximum Gasteiger partial charge on any atom is 0.243 e. The highest BCUT2D eigenvalue weighted by molar-refractivity contribution is 7.89. The highest BCUT2D eigenvalue weighted by atomic mass is 32.2. The van der Waals surface area contributed by atoms with Crippen LogP contribution in [0.1, 0.15) is 24.1 Å². The first-order valence-electron chi connectivity index (χ1n) is 6.58. The number of aromatic nitrogens is 1. The Balaban J connectivity index is 2.36. The first-order chi connectivity index (χ1) is 9.84. The van der Waals surface area contributed by atoms with E-state index in [9.17, 15) is 8.42 Å². The molecule has 0 aliphatic rings. The van der Waals surface area contributed by atoms with Gasteiger partial charge in [-0.05, 0) is 49.2 Å². The van der Waals surface area contributed by atoms with Crippen LogP contribution in [0.5, 0.6) is 0 Å². The Kier molecular flexibility index (Phi) is 4.29. The van der Waals surface area contributed by atoms with Gasteiger partial charge in [-0.1, -0.05) is 6.07 Å². The van der Waals surface area contributed by atoms with Gasteiger partial charge < -0.3 is 5.73 Å². The quantitative estimate of drug-likeness (QED) is 0.880. The number of nitrogens with zero attached hydrogens (tertiary/aromatic N) is 2. The summed E-state index contributed by atoms with van der Waals surface area (Å²) < 4.78 is 26.7. The Labute approximate surface area is 125 Å². The van der Waals surface area contributed by atoms with Crippen molar-refractivity contribution < 1.29 is 8.42 Å². The van der Waals surface area contributed by atoms with E-state index >= 15 is 0 Å². The number of pyridine rings is 1. The van der Waals surface area contributed by atoms with Crippen molar-refractivity contribution in [3.8, 4) is 0 Å². The monoisotopic (exact) mass is 305 g/mol. The van der Waals surface area contributed by atoms with Crippen LogP contribution in [0.2, 0.25) is 0 Å². The van der Waals surface area contributed by atoms with Crippen LogP contribution in [0.15, 0.2) is 47.6 Å². The highest BCUT2D eigenvalue weighted by Gasteiger charge is 2.26. The van der Waals surface area contributed by atoms with Crippen LogP contribution in [-0.4, -0.2) is 24.8 Å². The molecule has 1 aromatic carbocycles. The minimum Gasteiger partial charge on any atom is -0.398 e. The Morgan fingerprint density at radius 2 is 1.81 bits per heavy atom. The van der Waals surface area contributed by atoms with Crippen LogP contribution in [0.3, 0.4) is 0 Å². The summed E-state index contributed by atoms with van der Waals surface area (Å²) in [5, 5.41) is 0. The zero-order valence-corrected chi connectivity index (χ0v) is 13.1. The smallest absolute Gasteiger partial charge is 0.243 e. The lowest BCUT2D eigenvalue weighted by Gasteiger charge is -2.24. The van der Waals surface area contributed by atoms with Gasteiger partial charge in [-0.25, -0.2) is 8.42 Å². The van der Waals surface area contributed by atoms with Crippen molar-refractivity contribution in [2.45, 2.75) is 24.8 Å². The van der Waals surface area contributed by atoms with Crippen LogP contribution >= 0.6 is 0 Å². The summed E-state index contributed by atoms with van der Waals surface area (Å²) in [6.07, 6.45) is 3.30. The number of aryl methyl sites for hydroxylation is 1. The fourth-order valence-electron chi connectivity index (χ4n) is 2.01. The first-order valence-corrected chi connectivity index (χ1v) is 8.02. The predicted molar refractivity (Wildman–Crippen MR) is 83.2 cm³/mol. The molecule has 0 bridgehead atoms. The SMILES string of the molecule is Cc1ccc(S(=O)(=O)N(C)C(C)c2ccncc2)cc1N. The normalized spacial score (nSPS) is 13.3. The third-order valence-corrected chi connectivity index (χ3v) is 5.59. The lowest BCUT2D eigenvalue weighted by Crippen LogP contribution is -2.29. The average Bonchev–Trinajstić information content (AvgIpc) is 2.49. The van der Waals surface area contributed by atoms with E-state index in [1.807, 2.05) is 13.8 Å². The van der Waals surface area contributed by atoms with Crippen molar-refractivity contribution in [3.05, 3.63) is 53.9 Å². The number of nitrogen functional groups attached to an aromatic ring is 1. The third kappa shape index (κ3) is 3.06. The molecule has 2 rings (SSSR count). The molecule has 1 atom stereocenters. The fraction of sp³-hybridized carbons (Fsp3) is 0.267. The average molecular weight is 305 g/mol. The second kappa shape index (κ2) is 5.83. The van der Waals surface area contributed by atoms with Gasteiger partial charge in [0.1, 0.15) is 0 Å². The first kappa shape index (κ1) is 15.5. The van der Waals surface area contributed by atoms with Crippen molar-refractivity contribution in [2.75, 3.05) is 12.8 Å². The molecule has 0 spiro atoms. The van der Waals surface area contributed by atoms with Crippen molar-refractivity contribution in [1.82, 2.24) is 9.29 Å². The van der Waals surface area contributed by atoms with E-state index in [2.05, 4.69) is 4.98 Å². The van der Waals surface area contributed by atoms with Gasteiger partial charge in [0, 0.05) is 31.2 Å². The predicted octanol–water partition coefficient (Wildman–Crippen LogP) is 2.35. The highest BCUT2D eigenvalue weighted by Crippen LogP contribution is 2.26. The minimum atomic E-state index is -3.59. The molecular formula is C15H19N3O2S. The number of nitrogens with two attached hydrogens (primary N) is 1. The topological polar surface area (TPSA) is 76.3 Å². The van der Waals surface area contributed by atoms with E-state index in [-0.39, 0.29) is 10.9 Å². The molecule has 112 valence electrons. The Morgan fingerprint density at radius 3 is 2.38 bits per heavy atom. The molecule has 1 unspecified atom stereocenters. The fourth-order valence-corrected chi connectivity index (χ4v) is 3.39.